The molecule has 2 aromatic rings. The van der Waals surface area contributed by atoms with Crippen LogP contribution >= 0.6 is 27.5 Å². The van der Waals surface area contributed by atoms with Crippen molar-refractivity contribution in [1.82, 2.24) is 9.97 Å². The van der Waals surface area contributed by atoms with Gasteiger partial charge >= 0.3 is 0 Å². The van der Waals surface area contributed by atoms with Crippen LogP contribution in [0.1, 0.15) is 5.56 Å². The third kappa shape index (κ3) is 2.38. The van der Waals surface area contributed by atoms with Crippen LogP contribution in [0.2, 0.25) is 5.02 Å². The van der Waals surface area contributed by atoms with Crippen LogP contribution in [0.4, 0.5) is 5.82 Å². The Balaban J connectivity index is 2.50. The van der Waals surface area contributed by atoms with E-state index >= 15 is 0 Å². The van der Waals surface area contributed by atoms with Gasteiger partial charge in [0.1, 0.15) is 17.5 Å². The van der Waals surface area contributed by atoms with E-state index < -0.39 is 0 Å². The third-order valence-corrected chi connectivity index (χ3v) is 3.33. The summed E-state index contributed by atoms with van der Waals surface area (Å²) >= 11 is 9.21. The highest BCUT2D eigenvalue weighted by Gasteiger charge is 2.07. The molecule has 6 heteroatoms. The zero-order valence-corrected chi connectivity index (χ0v) is 10.8. The monoisotopic (exact) mass is 308 g/mol. The average molecular weight is 310 g/mol. The first-order valence-corrected chi connectivity index (χ1v) is 5.77. The van der Waals surface area contributed by atoms with Gasteiger partial charge in [-0.15, -0.1) is 0 Å². The fourth-order valence-corrected chi connectivity index (χ4v) is 1.75. The van der Waals surface area contributed by atoms with E-state index in [0.717, 1.165) is 10.0 Å². The van der Waals surface area contributed by atoms with Crippen LogP contribution in [0.15, 0.2) is 28.9 Å². The molecule has 0 fully saturated rings. The van der Waals surface area contributed by atoms with Gasteiger partial charge in [-0.1, -0.05) is 11.6 Å². The Morgan fingerprint density at radius 2 is 2.18 bits per heavy atom. The molecular weight excluding hydrogens is 304 g/mol. The number of nitrogens with two attached hydrogens (primary N) is 1. The Bertz CT molecular complexity index is 621. The van der Waals surface area contributed by atoms with Crippen LogP contribution in [0, 0.1) is 11.3 Å². The molecule has 2 rings (SSSR count). The van der Waals surface area contributed by atoms with Crippen molar-refractivity contribution >= 4 is 33.3 Å². The number of aromatic nitrogens is 2. The summed E-state index contributed by atoms with van der Waals surface area (Å²) in [7, 11) is 0. The van der Waals surface area contributed by atoms with Gasteiger partial charge in [0.05, 0.1) is 11.2 Å². The highest BCUT2D eigenvalue weighted by molar-refractivity contribution is 9.10. The summed E-state index contributed by atoms with van der Waals surface area (Å²) in [5, 5.41) is 9.33. The molecule has 1 aromatic heterocycles. The molecule has 0 amide bonds. The molecule has 1 aromatic carbocycles. The molecule has 0 aliphatic carbocycles. The maximum atomic E-state index is 8.73. The molecule has 1 heterocycles. The van der Waals surface area contributed by atoms with E-state index in [-0.39, 0.29) is 11.4 Å². The van der Waals surface area contributed by atoms with Crippen molar-refractivity contribution in [2.75, 3.05) is 5.73 Å². The molecule has 17 heavy (non-hydrogen) atoms. The van der Waals surface area contributed by atoms with Crippen molar-refractivity contribution < 1.29 is 0 Å². The minimum absolute atomic E-state index is 0.170. The maximum Gasteiger partial charge on any atom is 0.161 e. The van der Waals surface area contributed by atoms with E-state index in [1.54, 1.807) is 18.2 Å². The largest absolute Gasteiger partial charge is 0.382 e. The van der Waals surface area contributed by atoms with E-state index in [0.29, 0.717) is 10.8 Å². The number of benzene rings is 1. The lowest BCUT2D eigenvalue weighted by atomic mass is 10.2. The second kappa shape index (κ2) is 4.70. The van der Waals surface area contributed by atoms with Gasteiger partial charge in [0.2, 0.25) is 0 Å². The van der Waals surface area contributed by atoms with Crippen LogP contribution in [0.3, 0.4) is 0 Å². The SMILES string of the molecule is N#Cc1cnc(-c2ccc(Cl)c(Br)c2)nc1N. The number of halogens is 2. The predicted octanol–water partition coefficient (Wildman–Crippen LogP) is 3.01. The summed E-state index contributed by atoms with van der Waals surface area (Å²) in [6.07, 6.45) is 1.40. The molecule has 0 bridgehead atoms. The Morgan fingerprint density at radius 3 is 2.76 bits per heavy atom. The van der Waals surface area contributed by atoms with Gasteiger partial charge in [-0.05, 0) is 34.1 Å². The van der Waals surface area contributed by atoms with Crippen molar-refractivity contribution in [3.8, 4) is 17.5 Å². The summed E-state index contributed by atoms with van der Waals surface area (Å²) in [4.78, 5) is 8.14. The lowest BCUT2D eigenvalue weighted by Crippen LogP contribution is -1.98. The lowest BCUT2D eigenvalue weighted by molar-refractivity contribution is 1.17. The van der Waals surface area contributed by atoms with Crippen LogP contribution in [0.5, 0.6) is 0 Å². The molecule has 84 valence electrons. The van der Waals surface area contributed by atoms with E-state index in [2.05, 4.69) is 25.9 Å². The predicted molar refractivity (Wildman–Crippen MR) is 69.3 cm³/mol. The Hall–Kier alpha value is -1.64. The highest BCUT2D eigenvalue weighted by Crippen LogP contribution is 2.27. The van der Waals surface area contributed by atoms with E-state index in [4.69, 9.17) is 22.6 Å². The first-order valence-electron chi connectivity index (χ1n) is 4.60. The molecule has 0 radical (unpaired) electrons. The molecule has 0 aliphatic heterocycles. The quantitative estimate of drug-likeness (QED) is 0.878. The van der Waals surface area contributed by atoms with E-state index in [1.165, 1.54) is 6.20 Å². The summed E-state index contributed by atoms with van der Waals surface area (Å²) in [5.74, 6) is 0.627. The van der Waals surface area contributed by atoms with Crippen LogP contribution < -0.4 is 5.73 Å². The number of rotatable bonds is 1. The Labute approximate surface area is 111 Å². The number of nitriles is 1. The van der Waals surface area contributed by atoms with Gasteiger partial charge in [-0.3, -0.25) is 0 Å². The zero-order valence-electron chi connectivity index (χ0n) is 8.48. The molecule has 0 spiro atoms. The van der Waals surface area contributed by atoms with Crippen molar-refractivity contribution in [2.45, 2.75) is 0 Å². The van der Waals surface area contributed by atoms with Gasteiger partial charge in [0, 0.05) is 10.0 Å². The summed E-state index contributed by atoms with van der Waals surface area (Å²) < 4.78 is 0.753. The highest BCUT2D eigenvalue weighted by atomic mass is 79.9. The number of hydrogen-bond donors (Lipinski definition) is 1. The summed E-state index contributed by atoms with van der Waals surface area (Å²) in [5.41, 5.74) is 6.67. The fraction of sp³-hybridized carbons (Fsp3) is 0. The van der Waals surface area contributed by atoms with Gasteiger partial charge in [-0.25, -0.2) is 9.97 Å². The molecule has 0 saturated heterocycles. The van der Waals surface area contributed by atoms with Crippen molar-refractivity contribution in [1.29, 1.82) is 5.26 Å². The number of anilines is 1. The van der Waals surface area contributed by atoms with E-state index in [1.807, 2.05) is 6.07 Å². The van der Waals surface area contributed by atoms with Gasteiger partial charge in [0.25, 0.3) is 0 Å². The van der Waals surface area contributed by atoms with Crippen molar-refractivity contribution in [3.63, 3.8) is 0 Å². The molecule has 0 unspecified atom stereocenters. The standard InChI is InChI=1S/C11H6BrClN4/c12-8-3-6(1-2-9(8)13)11-16-5-7(4-14)10(15)17-11/h1-3,5H,(H2,15,16,17). The minimum atomic E-state index is 0.170. The second-order valence-electron chi connectivity index (χ2n) is 3.23. The third-order valence-electron chi connectivity index (χ3n) is 2.12. The molecule has 0 atom stereocenters. The number of nitrogen functional groups attached to an aromatic ring is 1. The number of hydrogen-bond acceptors (Lipinski definition) is 4. The first kappa shape index (κ1) is 11.8. The molecule has 0 saturated carbocycles. The normalized spacial score (nSPS) is 9.94. The average Bonchev–Trinajstić information content (AvgIpc) is 2.32. The topological polar surface area (TPSA) is 75.6 Å². The minimum Gasteiger partial charge on any atom is -0.382 e. The van der Waals surface area contributed by atoms with Gasteiger partial charge in [-0.2, -0.15) is 5.26 Å². The van der Waals surface area contributed by atoms with E-state index in [9.17, 15) is 0 Å². The summed E-state index contributed by atoms with van der Waals surface area (Å²) in [6, 6.07) is 7.23. The molecular formula is C11H6BrClN4. The Morgan fingerprint density at radius 1 is 1.41 bits per heavy atom. The van der Waals surface area contributed by atoms with Crippen LogP contribution in [0.25, 0.3) is 11.4 Å². The van der Waals surface area contributed by atoms with Crippen molar-refractivity contribution in [2.24, 2.45) is 0 Å². The number of nitrogens with zero attached hydrogens (tertiary/aromatic N) is 3. The van der Waals surface area contributed by atoms with Crippen LogP contribution in [-0.2, 0) is 0 Å². The lowest BCUT2D eigenvalue weighted by Gasteiger charge is -2.03. The zero-order chi connectivity index (χ0) is 12.4. The molecule has 0 aliphatic rings. The summed E-state index contributed by atoms with van der Waals surface area (Å²) in [6.45, 7) is 0. The maximum absolute atomic E-state index is 8.73. The smallest absolute Gasteiger partial charge is 0.161 e. The van der Waals surface area contributed by atoms with Gasteiger partial charge in [0.15, 0.2) is 5.82 Å². The Kier molecular flexibility index (Phi) is 3.27. The first-order chi connectivity index (χ1) is 8.11. The van der Waals surface area contributed by atoms with Gasteiger partial charge < -0.3 is 5.73 Å². The molecule has 4 nitrogen and oxygen atoms in total. The van der Waals surface area contributed by atoms with Crippen LogP contribution in [-0.4, -0.2) is 9.97 Å². The second-order valence-corrected chi connectivity index (χ2v) is 4.49. The fourth-order valence-electron chi connectivity index (χ4n) is 1.26. The van der Waals surface area contributed by atoms with Crippen molar-refractivity contribution in [3.05, 3.63) is 39.5 Å². The molecule has 2 N–H and O–H groups in total.